The SMILES string of the molecule is CC(C)[C@@H](NC(=O)Cc1nn(C)c(=O)c2ccccc12)c1nc2ccccc2n1C. The van der Waals surface area contributed by atoms with E-state index in [0.717, 1.165) is 16.9 Å². The molecule has 0 aliphatic heterocycles. The van der Waals surface area contributed by atoms with Crippen molar-refractivity contribution in [3.8, 4) is 0 Å². The summed E-state index contributed by atoms with van der Waals surface area (Å²) >= 11 is 0. The van der Waals surface area contributed by atoms with Crippen molar-refractivity contribution < 1.29 is 4.79 Å². The Balaban J connectivity index is 1.65. The van der Waals surface area contributed by atoms with Crippen LogP contribution in [0.25, 0.3) is 21.8 Å². The van der Waals surface area contributed by atoms with Crippen LogP contribution in [0.1, 0.15) is 31.4 Å². The third kappa shape index (κ3) is 3.47. The summed E-state index contributed by atoms with van der Waals surface area (Å²) in [6.45, 7) is 4.12. The first-order valence-corrected chi connectivity index (χ1v) is 10.0. The van der Waals surface area contributed by atoms with Gasteiger partial charge in [0.25, 0.3) is 5.56 Å². The first kappa shape index (κ1) is 19.8. The molecule has 2 heterocycles. The summed E-state index contributed by atoms with van der Waals surface area (Å²) in [5, 5.41) is 8.74. The van der Waals surface area contributed by atoms with E-state index in [0.29, 0.717) is 16.5 Å². The van der Waals surface area contributed by atoms with Crippen molar-refractivity contribution in [2.75, 3.05) is 0 Å². The Hall–Kier alpha value is -3.48. The van der Waals surface area contributed by atoms with E-state index < -0.39 is 0 Å². The Kier molecular flexibility index (Phi) is 5.11. The molecule has 0 spiro atoms. The molecule has 4 rings (SSSR count). The molecule has 0 bridgehead atoms. The van der Waals surface area contributed by atoms with Gasteiger partial charge < -0.3 is 9.88 Å². The number of nitrogens with one attached hydrogen (secondary N) is 1. The molecule has 0 saturated carbocycles. The second-order valence-corrected chi connectivity index (χ2v) is 7.90. The standard InChI is InChI=1S/C23H25N5O2/c1-14(2)21(22-24-17-11-7-8-12-19(17)27(22)3)25-20(29)13-18-15-9-5-6-10-16(15)23(30)28(4)26-18/h5-12,14,21H,13H2,1-4H3,(H,25,29)/t21-/m1/s1. The minimum absolute atomic E-state index is 0.0851. The van der Waals surface area contributed by atoms with Crippen molar-refractivity contribution in [3.05, 3.63) is 70.4 Å². The average Bonchev–Trinajstić information content (AvgIpc) is 3.06. The van der Waals surface area contributed by atoms with E-state index in [4.69, 9.17) is 4.98 Å². The first-order chi connectivity index (χ1) is 14.4. The Morgan fingerprint density at radius 1 is 1.03 bits per heavy atom. The number of carbonyl (C=O) groups is 1. The fourth-order valence-corrected chi connectivity index (χ4v) is 3.85. The molecule has 2 aromatic carbocycles. The van der Waals surface area contributed by atoms with Crippen molar-refractivity contribution in [2.45, 2.75) is 26.3 Å². The van der Waals surface area contributed by atoms with Crippen molar-refractivity contribution in [1.82, 2.24) is 24.6 Å². The van der Waals surface area contributed by atoms with Gasteiger partial charge in [0, 0.05) is 19.5 Å². The van der Waals surface area contributed by atoms with Gasteiger partial charge in [-0.25, -0.2) is 9.67 Å². The zero-order valence-electron chi connectivity index (χ0n) is 17.6. The van der Waals surface area contributed by atoms with Crippen LogP contribution in [0, 0.1) is 5.92 Å². The summed E-state index contributed by atoms with van der Waals surface area (Å²) in [6.07, 6.45) is 0.0851. The predicted octanol–water partition coefficient (Wildman–Crippen LogP) is 2.88. The maximum Gasteiger partial charge on any atom is 0.274 e. The molecule has 7 heteroatoms. The Morgan fingerprint density at radius 3 is 2.40 bits per heavy atom. The number of aryl methyl sites for hydroxylation is 2. The molecule has 0 radical (unpaired) electrons. The Morgan fingerprint density at radius 2 is 1.70 bits per heavy atom. The minimum atomic E-state index is -0.242. The lowest BCUT2D eigenvalue weighted by molar-refractivity contribution is -0.121. The molecule has 1 amide bonds. The van der Waals surface area contributed by atoms with Crippen LogP contribution in [0.5, 0.6) is 0 Å². The number of carbonyl (C=O) groups excluding carboxylic acids is 1. The summed E-state index contributed by atoms with van der Waals surface area (Å²) in [7, 11) is 3.57. The topological polar surface area (TPSA) is 81.8 Å². The van der Waals surface area contributed by atoms with Crippen LogP contribution < -0.4 is 10.9 Å². The largest absolute Gasteiger partial charge is 0.346 e. The lowest BCUT2D eigenvalue weighted by Gasteiger charge is -2.22. The van der Waals surface area contributed by atoms with Gasteiger partial charge in [0.05, 0.1) is 34.6 Å². The molecule has 2 aromatic heterocycles. The number of rotatable bonds is 5. The van der Waals surface area contributed by atoms with Gasteiger partial charge in [-0.2, -0.15) is 5.10 Å². The lowest BCUT2D eigenvalue weighted by atomic mass is 10.0. The second-order valence-electron chi connectivity index (χ2n) is 7.90. The molecule has 0 aliphatic carbocycles. The van der Waals surface area contributed by atoms with Crippen molar-refractivity contribution in [3.63, 3.8) is 0 Å². The maximum absolute atomic E-state index is 13.0. The molecule has 0 unspecified atom stereocenters. The predicted molar refractivity (Wildman–Crippen MR) is 117 cm³/mol. The molecular weight excluding hydrogens is 378 g/mol. The third-order valence-electron chi connectivity index (χ3n) is 5.44. The summed E-state index contributed by atoms with van der Waals surface area (Å²) in [5.41, 5.74) is 2.34. The van der Waals surface area contributed by atoms with E-state index in [2.05, 4.69) is 24.3 Å². The highest BCUT2D eigenvalue weighted by atomic mass is 16.2. The van der Waals surface area contributed by atoms with Crippen molar-refractivity contribution in [2.24, 2.45) is 20.0 Å². The molecule has 7 nitrogen and oxygen atoms in total. The Bertz CT molecular complexity index is 1300. The normalized spacial score (nSPS) is 12.6. The zero-order valence-corrected chi connectivity index (χ0v) is 17.6. The average molecular weight is 403 g/mol. The number of aromatic nitrogens is 4. The number of hydrogen-bond acceptors (Lipinski definition) is 4. The fourth-order valence-electron chi connectivity index (χ4n) is 3.85. The van der Waals surface area contributed by atoms with Crippen LogP contribution in [-0.4, -0.2) is 25.2 Å². The van der Waals surface area contributed by atoms with E-state index in [1.54, 1.807) is 13.1 Å². The van der Waals surface area contributed by atoms with E-state index >= 15 is 0 Å². The molecular formula is C23H25N5O2. The maximum atomic E-state index is 13.0. The van der Waals surface area contributed by atoms with Crippen LogP contribution in [-0.2, 0) is 25.3 Å². The highest BCUT2D eigenvalue weighted by molar-refractivity contribution is 5.88. The summed E-state index contributed by atoms with van der Waals surface area (Å²) in [4.78, 5) is 30.1. The smallest absolute Gasteiger partial charge is 0.274 e. The monoisotopic (exact) mass is 403 g/mol. The van der Waals surface area contributed by atoms with Gasteiger partial charge in [-0.1, -0.05) is 44.2 Å². The molecule has 1 N–H and O–H groups in total. The zero-order chi connectivity index (χ0) is 21.4. The van der Waals surface area contributed by atoms with E-state index in [1.165, 1.54) is 4.68 Å². The van der Waals surface area contributed by atoms with Crippen molar-refractivity contribution >= 4 is 27.7 Å². The van der Waals surface area contributed by atoms with Gasteiger partial charge in [0.2, 0.25) is 5.91 Å². The first-order valence-electron chi connectivity index (χ1n) is 10.0. The second kappa shape index (κ2) is 7.74. The molecule has 4 aromatic rings. The number of para-hydroxylation sites is 2. The van der Waals surface area contributed by atoms with Gasteiger partial charge in [-0.15, -0.1) is 0 Å². The number of fused-ring (bicyclic) bond motifs is 2. The lowest BCUT2D eigenvalue weighted by Crippen LogP contribution is -2.35. The summed E-state index contributed by atoms with van der Waals surface area (Å²) in [6, 6.07) is 14.9. The number of nitrogens with zero attached hydrogens (tertiary/aromatic N) is 4. The van der Waals surface area contributed by atoms with Crippen LogP contribution in [0.3, 0.4) is 0 Å². The highest BCUT2D eigenvalue weighted by Crippen LogP contribution is 2.25. The number of benzene rings is 2. The minimum Gasteiger partial charge on any atom is -0.346 e. The summed E-state index contributed by atoms with van der Waals surface area (Å²) in [5.74, 6) is 0.809. The molecule has 154 valence electrons. The highest BCUT2D eigenvalue weighted by Gasteiger charge is 2.24. The third-order valence-corrected chi connectivity index (χ3v) is 5.44. The van der Waals surface area contributed by atoms with E-state index in [-0.39, 0.29) is 29.8 Å². The van der Waals surface area contributed by atoms with Crippen molar-refractivity contribution in [1.29, 1.82) is 0 Å². The van der Waals surface area contributed by atoms with E-state index in [9.17, 15) is 9.59 Å². The molecule has 30 heavy (non-hydrogen) atoms. The molecule has 0 saturated heterocycles. The van der Waals surface area contributed by atoms with Crippen LogP contribution >= 0.6 is 0 Å². The van der Waals surface area contributed by atoms with Gasteiger partial charge in [0.1, 0.15) is 5.82 Å². The number of imidazole rings is 1. The van der Waals surface area contributed by atoms with Crippen LogP contribution in [0.2, 0.25) is 0 Å². The number of amides is 1. The quantitative estimate of drug-likeness (QED) is 0.556. The Labute approximate surface area is 174 Å². The van der Waals surface area contributed by atoms with E-state index in [1.807, 2.05) is 54.1 Å². The van der Waals surface area contributed by atoms with Gasteiger partial charge in [0.15, 0.2) is 0 Å². The van der Waals surface area contributed by atoms with Gasteiger partial charge in [-0.3, -0.25) is 9.59 Å². The van der Waals surface area contributed by atoms with Crippen LogP contribution in [0.15, 0.2) is 53.3 Å². The molecule has 1 atom stereocenters. The fraction of sp³-hybridized carbons (Fsp3) is 0.304. The summed E-state index contributed by atoms with van der Waals surface area (Å²) < 4.78 is 3.32. The molecule has 0 fully saturated rings. The van der Waals surface area contributed by atoms with Crippen LogP contribution in [0.4, 0.5) is 0 Å². The molecule has 0 aliphatic rings. The van der Waals surface area contributed by atoms with Gasteiger partial charge >= 0.3 is 0 Å². The number of hydrogen-bond donors (Lipinski definition) is 1. The van der Waals surface area contributed by atoms with Gasteiger partial charge in [-0.05, 0) is 24.1 Å².